The minimum atomic E-state index is -0.755. The van der Waals surface area contributed by atoms with Gasteiger partial charge < -0.3 is 24.8 Å². The van der Waals surface area contributed by atoms with Crippen molar-refractivity contribution in [1.82, 2.24) is 10.6 Å². The second kappa shape index (κ2) is 7.42. The van der Waals surface area contributed by atoms with Gasteiger partial charge in [0.15, 0.2) is 11.5 Å². The highest BCUT2D eigenvalue weighted by molar-refractivity contribution is 5.95. The minimum Gasteiger partial charge on any atom is -0.493 e. The van der Waals surface area contributed by atoms with E-state index in [0.717, 1.165) is 0 Å². The molecule has 1 atom stereocenters. The van der Waals surface area contributed by atoms with Crippen molar-refractivity contribution in [3.05, 3.63) is 35.0 Å². The van der Waals surface area contributed by atoms with Crippen LogP contribution in [-0.4, -0.2) is 32.8 Å². The second-order valence-corrected chi connectivity index (χ2v) is 4.93. The molecule has 1 heterocycles. The number of carbonyl (C=O) groups excluding carboxylic acids is 2. The molecule has 1 aliphatic heterocycles. The van der Waals surface area contributed by atoms with Gasteiger partial charge in [-0.05, 0) is 13.0 Å². The predicted molar refractivity (Wildman–Crippen MR) is 86.4 cm³/mol. The maximum atomic E-state index is 12.2. The Hall–Kier alpha value is -3.14. The number of nitrogens with one attached hydrogen (secondary N) is 2. The maximum absolute atomic E-state index is 12.2. The molecule has 7 nitrogen and oxygen atoms in total. The molecule has 0 saturated heterocycles. The summed E-state index contributed by atoms with van der Waals surface area (Å²) in [7, 11) is 2.77. The molecule has 1 unspecified atom stereocenters. The Kier molecular flexibility index (Phi) is 5.32. The molecule has 1 aliphatic rings. The third-order valence-corrected chi connectivity index (χ3v) is 3.51. The fraction of sp³-hybridized carbons (Fsp3) is 0.294. The zero-order valence-corrected chi connectivity index (χ0v) is 13.6. The predicted octanol–water partition coefficient (Wildman–Crippen LogP) is 1.51. The topological polar surface area (TPSA) is 85.9 Å². The Labute approximate surface area is 140 Å². The molecule has 2 N–H and O–H groups in total. The monoisotopic (exact) mass is 330 g/mol. The summed E-state index contributed by atoms with van der Waals surface area (Å²) in [5.74, 6) is 2.62. The van der Waals surface area contributed by atoms with Gasteiger partial charge in [0.2, 0.25) is 0 Å². The average Bonchev–Trinajstić information content (AvgIpc) is 2.58. The van der Waals surface area contributed by atoms with Crippen molar-refractivity contribution in [2.45, 2.75) is 13.0 Å². The van der Waals surface area contributed by atoms with Crippen LogP contribution in [0.25, 0.3) is 0 Å². The molecular weight excluding hydrogens is 312 g/mol. The molecule has 0 aromatic heterocycles. The smallest absolute Gasteiger partial charge is 0.337 e. The molecule has 0 aliphatic carbocycles. The molecule has 1 aromatic rings. The van der Waals surface area contributed by atoms with Crippen LogP contribution in [0, 0.1) is 12.3 Å². The van der Waals surface area contributed by atoms with Gasteiger partial charge in [0, 0.05) is 11.3 Å². The third-order valence-electron chi connectivity index (χ3n) is 3.51. The number of amides is 2. The lowest BCUT2D eigenvalue weighted by Gasteiger charge is -2.29. The van der Waals surface area contributed by atoms with Crippen LogP contribution in [0.1, 0.15) is 18.5 Å². The number of urea groups is 1. The van der Waals surface area contributed by atoms with Gasteiger partial charge in [0.25, 0.3) is 0 Å². The highest BCUT2D eigenvalue weighted by atomic mass is 16.5. The lowest BCUT2D eigenvalue weighted by molar-refractivity contribution is -0.136. The molecule has 0 radical (unpaired) electrons. The number of ether oxygens (including phenoxy) is 3. The van der Waals surface area contributed by atoms with E-state index in [0.29, 0.717) is 22.8 Å². The summed E-state index contributed by atoms with van der Waals surface area (Å²) in [5.41, 5.74) is 1.22. The number of allylic oxidation sites excluding steroid dienone is 1. The van der Waals surface area contributed by atoms with Crippen LogP contribution in [0.2, 0.25) is 0 Å². The first-order chi connectivity index (χ1) is 11.5. The number of esters is 1. The van der Waals surface area contributed by atoms with Crippen molar-refractivity contribution >= 4 is 12.0 Å². The largest absolute Gasteiger partial charge is 0.493 e. The number of hydrogen-bond acceptors (Lipinski definition) is 5. The van der Waals surface area contributed by atoms with Crippen molar-refractivity contribution in [3.8, 4) is 23.8 Å². The van der Waals surface area contributed by atoms with Gasteiger partial charge in [0.05, 0.1) is 25.8 Å². The number of carbonyl (C=O) groups is 2. The molecule has 2 amide bonds. The Morgan fingerprint density at radius 3 is 2.75 bits per heavy atom. The van der Waals surface area contributed by atoms with E-state index < -0.39 is 18.0 Å². The molecule has 7 heteroatoms. The number of hydrogen-bond donors (Lipinski definition) is 2. The summed E-state index contributed by atoms with van der Waals surface area (Å²) in [6.07, 6.45) is 5.26. The zero-order valence-electron chi connectivity index (χ0n) is 13.6. The third kappa shape index (κ3) is 3.27. The lowest BCUT2D eigenvalue weighted by Crippen LogP contribution is -2.45. The van der Waals surface area contributed by atoms with Gasteiger partial charge >= 0.3 is 12.0 Å². The maximum Gasteiger partial charge on any atom is 0.337 e. The minimum absolute atomic E-state index is 0.0164. The first-order valence-electron chi connectivity index (χ1n) is 7.13. The summed E-state index contributed by atoms with van der Waals surface area (Å²) >= 11 is 0. The van der Waals surface area contributed by atoms with E-state index in [1.165, 1.54) is 14.2 Å². The standard InChI is InChI=1S/C17H18N2O5/c1-5-9-24-15-11(7-6-8-12(15)22-3)14-13(16(20)23-4)10(2)18-17(21)19-14/h1,6-8,14H,9H2,2-4H3,(H2,18,19,21). The van der Waals surface area contributed by atoms with E-state index in [1.54, 1.807) is 25.1 Å². The number of rotatable bonds is 5. The summed E-state index contributed by atoms with van der Waals surface area (Å²) in [6, 6.07) is 3.97. The molecule has 1 aromatic carbocycles. The SMILES string of the molecule is C#CCOc1c(OC)cccc1C1NC(=O)NC(C)=C1C(=O)OC. The fourth-order valence-corrected chi connectivity index (χ4v) is 2.50. The van der Waals surface area contributed by atoms with Crippen LogP contribution >= 0.6 is 0 Å². The molecule has 0 saturated carbocycles. The summed E-state index contributed by atoms with van der Waals surface area (Å²) < 4.78 is 15.7. The van der Waals surface area contributed by atoms with Crippen molar-refractivity contribution in [1.29, 1.82) is 0 Å². The second-order valence-electron chi connectivity index (χ2n) is 4.93. The molecule has 126 valence electrons. The quantitative estimate of drug-likeness (QED) is 0.631. The Balaban J connectivity index is 2.59. The van der Waals surface area contributed by atoms with Gasteiger partial charge in [-0.15, -0.1) is 6.42 Å². The Bertz CT molecular complexity index is 733. The van der Waals surface area contributed by atoms with Gasteiger partial charge in [-0.3, -0.25) is 0 Å². The number of methoxy groups -OCH3 is 2. The molecule has 2 rings (SSSR count). The van der Waals surface area contributed by atoms with Crippen LogP contribution in [0.5, 0.6) is 11.5 Å². The van der Waals surface area contributed by atoms with E-state index in [2.05, 4.69) is 16.6 Å². The fourth-order valence-electron chi connectivity index (χ4n) is 2.50. The molecule has 0 spiro atoms. The lowest BCUT2D eigenvalue weighted by atomic mass is 9.94. The van der Waals surface area contributed by atoms with Crippen LogP contribution in [0.3, 0.4) is 0 Å². The number of terminal acetylenes is 1. The number of benzene rings is 1. The normalized spacial score (nSPS) is 16.6. The molecular formula is C17H18N2O5. The Morgan fingerprint density at radius 2 is 2.12 bits per heavy atom. The highest BCUT2D eigenvalue weighted by Gasteiger charge is 2.34. The first-order valence-corrected chi connectivity index (χ1v) is 7.13. The highest BCUT2D eigenvalue weighted by Crippen LogP contribution is 2.39. The van der Waals surface area contributed by atoms with Crippen molar-refractivity contribution in [3.63, 3.8) is 0 Å². The van der Waals surface area contributed by atoms with Gasteiger partial charge in [-0.2, -0.15) is 0 Å². The van der Waals surface area contributed by atoms with E-state index in [9.17, 15) is 9.59 Å². The van der Waals surface area contributed by atoms with Crippen LogP contribution in [-0.2, 0) is 9.53 Å². The first kappa shape index (κ1) is 17.2. The Morgan fingerprint density at radius 1 is 1.38 bits per heavy atom. The van der Waals surface area contributed by atoms with Gasteiger partial charge in [-0.1, -0.05) is 18.1 Å². The zero-order chi connectivity index (χ0) is 17.7. The molecule has 0 bridgehead atoms. The summed E-state index contributed by atoms with van der Waals surface area (Å²) in [4.78, 5) is 24.1. The summed E-state index contributed by atoms with van der Waals surface area (Å²) in [5, 5.41) is 5.26. The van der Waals surface area contributed by atoms with Crippen LogP contribution in [0.15, 0.2) is 29.5 Å². The van der Waals surface area contributed by atoms with Gasteiger partial charge in [0.1, 0.15) is 6.61 Å². The van der Waals surface area contributed by atoms with E-state index >= 15 is 0 Å². The van der Waals surface area contributed by atoms with Gasteiger partial charge in [-0.25, -0.2) is 9.59 Å². The molecule has 24 heavy (non-hydrogen) atoms. The van der Waals surface area contributed by atoms with Crippen molar-refractivity contribution in [2.24, 2.45) is 0 Å². The molecule has 0 fully saturated rings. The van der Waals surface area contributed by atoms with E-state index in [-0.39, 0.29) is 12.2 Å². The average molecular weight is 330 g/mol. The summed E-state index contributed by atoms with van der Waals surface area (Å²) in [6.45, 7) is 1.64. The van der Waals surface area contributed by atoms with Crippen LogP contribution < -0.4 is 20.1 Å². The van der Waals surface area contributed by atoms with Crippen molar-refractivity contribution < 1.29 is 23.8 Å². The van der Waals surface area contributed by atoms with E-state index in [1.807, 2.05) is 0 Å². The number of para-hydroxylation sites is 1. The van der Waals surface area contributed by atoms with Crippen LogP contribution in [0.4, 0.5) is 4.79 Å². The van der Waals surface area contributed by atoms with E-state index in [4.69, 9.17) is 20.6 Å². The van der Waals surface area contributed by atoms with Crippen molar-refractivity contribution in [2.75, 3.05) is 20.8 Å².